The van der Waals surface area contributed by atoms with Gasteiger partial charge in [-0.25, -0.2) is 6.54 Å². The van der Waals surface area contributed by atoms with Gasteiger partial charge in [0.1, 0.15) is 0 Å². The second-order valence-electron chi connectivity index (χ2n) is 11.3. The summed E-state index contributed by atoms with van der Waals surface area (Å²) in [4.78, 5) is 30.3. The van der Waals surface area contributed by atoms with Crippen molar-refractivity contribution in [3.8, 4) is 23.0 Å². The van der Waals surface area contributed by atoms with E-state index in [2.05, 4.69) is 30.7 Å². The maximum absolute atomic E-state index is 13.4. The van der Waals surface area contributed by atoms with Gasteiger partial charge in [0.15, 0.2) is 23.0 Å². The van der Waals surface area contributed by atoms with Gasteiger partial charge in [-0.2, -0.15) is 0 Å². The molecule has 0 radical (unpaired) electrons. The molecule has 2 aromatic rings. The Morgan fingerprint density at radius 1 is 0.860 bits per heavy atom. The van der Waals surface area contributed by atoms with Crippen LogP contribution in [0.4, 0.5) is 11.4 Å². The number of benzene rings is 2. The first kappa shape index (κ1) is 31.6. The van der Waals surface area contributed by atoms with Crippen LogP contribution in [0, 0.1) is 6.54 Å². The average Bonchev–Trinajstić information content (AvgIpc) is 3.51. The van der Waals surface area contributed by atoms with Gasteiger partial charge < -0.3 is 40.8 Å². The van der Waals surface area contributed by atoms with Crippen molar-refractivity contribution in [1.29, 1.82) is 0 Å². The predicted octanol–water partition coefficient (Wildman–Crippen LogP) is 4.23. The van der Waals surface area contributed by atoms with Crippen molar-refractivity contribution < 1.29 is 30.0 Å². The molecule has 0 aromatic heterocycles. The van der Waals surface area contributed by atoms with Crippen LogP contribution in [0.1, 0.15) is 48.3 Å². The fourth-order valence-corrected chi connectivity index (χ4v) is 6.22. The summed E-state index contributed by atoms with van der Waals surface area (Å²) >= 11 is 0. The molecule has 2 aromatic carbocycles. The van der Waals surface area contributed by atoms with E-state index < -0.39 is 0 Å². The van der Waals surface area contributed by atoms with E-state index in [9.17, 15) is 9.59 Å². The number of amides is 2. The minimum atomic E-state index is -0.0562. The molecule has 2 saturated heterocycles. The number of nitrogens with one attached hydrogen (secondary N) is 2. The molecule has 6 rings (SSSR count). The minimum absolute atomic E-state index is 0. The van der Waals surface area contributed by atoms with Crippen LogP contribution in [-0.2, 0) is 0 Å². The predicted molar refractivity (Wildman–Crippen MR) is 167 cm³/mol. The summed E-state index contributed by atoms with van der Waals surface area (Å²) in [6, 6.07) is 7.24. The minimum Gasteiger partial charge on any atom is -1.00 e. The molecule has 0 bridgehead atoms. The quantitative estimate of drug-likeness (QED) is 0.188. The normalized spacial score (nSPS) is 22.2. The fraction of sp³-hybridized carbons (Fsp3) is 0.406. The van der Waals surface area contributed by atoms with Crippen LogP contribution in [0.3, 0.4) is 0 Å². The van der Waals surface area contributed by atoms with Gasteiger partial charge in [0.25, 0.3) is 11.8 Å². The fourth-order valence-electron chi connectivity index (χ4n) is 6.22. The Morgan fingerprint density at radius 2 is 1.42 bits per heavy atom. The Balaban J connectivity index is 0.00000221. The number of anilines is 2. The van der Waals surface area contributed by atoms with Crippen LogP contribution >= 0.6 is 0 Å². The molecular formula is C32H38N4O6Sr. The molecule has 43 heavy (non-hydrogen) atoms. The molecule has 0 saturated carbocycles. The maximum atomic E-state index is 13.4. The second kappa shape index (κ2) is 13.0. The molecule has 0 spiro atoms. The van der Waals surface area contributed by atoms with Crippen molar-refractivity contribution in [2.45, 2.75) is 44.3 Å². The Kier molecular flexibility index (Phi) is 9.55. The van der Waals surface area contributed by atoms with E-state index in [0.717, 1.165) is 29.7 Å². The second-order valence-corrected chi connectivity index (χ2v) is 11.3. The zero-order valence-electron chi connectivity index (χ0n) is 26.0. The summed E-state index contributed by atoms with van der Waals surface area (Å²) in [5, 5.41) is 6.79. The monoisotopic (exact) mass is 662 g/mol. The van der Waals surface area contributed by atoms with Crippen molar-refractivity contribution in [2.75, 3.05) is 51.2 Å². The van der Waals surface area contributed by atoms with Gasteiger partial charge >= 0.3 is 45.5 Å². The molecule has 4 aliphatic heterocycles. The third kappa shape index (κ3) is 6.09. The molecule has 2 N–H and O–H groups in total. The molecule has 224 valence electrons. The Hall–Kier alpha value is -2.86. The smallest absolute Gasteiger partial charge is 1.00 e. The van der Waals surface area contributed by atoms with Crippen molar-refractivity contribution >= 4 is 68.7 Å². The SMILES string of the molecule is C=C1CC2[CH-]Nc3cc(OCCCOc4cc5c(cc4OC)C(=O)N4CC(=C)CC4C(C)N5)c(OC)cc3C(=O)N2C1.[H-].[Sr+2]. The molecular weight excluding hydrogens is 624 g/mol. The standard InChI is InChI=1S/C32H37N4O6.Sr.H/c1-18-9-21-15-33-24-13-29(27(39-4)11-22(24)31(37)35(21)16-18)41-7-6-8-42-30-14-25-23(12-28(30)40-5)32(38)36-17-19(2)10-26(36)20(3)34-25;;/h11-15,20-21,26,33-34H,1-2,6-10,16-17H2,3-5H3;;/q-1;+2;-1. The first-order valence-corrected chi connectivity index (χ1v) is 14.3. The van der Waals surface area contributed by atoms with Crippen molar-refractivity contribution in [1.82, 2.24) is 9.80 Å². The Labute approximate surface area is 291 Å². The molecule has 2 amide bonds. The first-order valence-electron chi connectivity index (χ1n) is 14.3. The molecule has 4 aliphatic rings. The van der Waals surface area contributed by atoms with Gasteiger partial charge in [-0.1, -0.05) is 30.3 Å². The number of ether oxygens (including phenoxy) is 4. The zero-order valence-corrected chi connectivity index (χ0v) is 28.5. The summed E-state index contributed by atoms with van der Waals surface area (Å²) in [5.74, 6) is 2.00. The van der Waals surface area contributed by atoms with E-state index in [0.29, 0.717) is 72.5 Å². The molecule has 10 nitrogen and oxygen atoms in total. The molecule has 0 aliphatic carbocycles. The van der Waals surface area contributed by atoms with E-state index in [1.807, 2.05) is 22.4 Å². The average molecular weight is 662 g/mol. The van der Waals surface area contributed by atoms with E-state index in [4.69, 9.17) is 18.9 Å². The van der Waals surface area contributed by atoms with Gasteiger partial charge in [-0.15, -0.1) is 0 Å². The number of carbonyl (C=O) groups excluding carboxylic acids is 2. The number of nitrogens with zero attached hydrogens (tertiary/aromatic N) is 2. The summed E-state index contributed by atoms with van der Waals surface area (Å²) in [7, 11) is 3.13. The van der Waals surface area contributed by atoms with Crippen LogP contribution in [0.15, 0.2) is 48.6 Å². The number of carbonyl (C=O) groups is 2. The van der Waals surface area contributed by atoms with Crippen molar-refractivity contribution in [3.05, 3.63) is 66.2 Å². The van der Waals surface area contributed by atoms with Gasteiger partial charge in [-0.3, -0.25) is 9.59 Å². The van der Waals surface area contributed by atoms with Gasteiger partial charge in [-0.05, 0) is 31.9 Å². The first-order chi connectivity index (χ1) is 20.3. The third-order valence-electron chi connectivity index (χ3n) is 8.37. The van der Waals surface area contributed by atoms with Crippen LogP contribution in [-0.4, -0.2) is 126 Å². The molecule has 3 unspecified atom stereocenters. The maximum Gasteiger partial charge on any atom is 2.00 e. The van der Waals surface area contributed by atoms with E-state index >= 15 is 0 Å². The molecule has 2 fully saturated rings. The number of rotatable bonds is 8. The van der Waals surface area contributed by atoms with Crippen LogP contribution < -0.4 is 29.6 Å². The van der Waals surface area contributed by atoms with E-state index in [-0.39, 0.29) is 76.8 Å². The summed E-state index contributed by atoms with van der Waals surface area (Å²) in [6.45, 7) is 14.0. The Morgan fingerprint density at radius 3 is 2.07 bits per heavy atom. The van der Waals surface area contributed by atoms with Crippen molar-refractivity contribution in [3.63, 3.8) is 0 Å². The third-order valence-corrected chi connectivity index (χ3v) is 8.37. The number of fused-ring (bicyclic) bond motifs is 4. The summed E-state index contributed by atoms with van der Waals surface area (Å²) in [6.07, 6.45) is 2.13. The summed E-state index contributed by atoms with van der Waals surface area (Å²) in [5.41, 5.74) is 4.63. The van der Waals surface area contributed by atoms with Gasteiger partial charge in [0.2, 0.25) is 0 Å². The Bertz CT molecular complexity index is 1470. The van der Waals surface area contributed by atoms with E-state index in [1.165, 1.54) is 0 Å². The largest absolute Gasteiger partial charge is 2.00 e. The van der Waals surface area contributed by atoms with Crippen molar-refractivity contribution in [2.24, 2.45) is 0 Å². The summed E-state index contributed by atoms with van der Waals surface area (Å²) < 4.78 is 23.3. The van der Waals surface area contributed by atoms with E-state index in [1.54, 1.807) is 32.4 Å². The molecule has 3 atom stereocenters. The number of hydrogen-bond acceptors (Lipinski definition) is 8. The topological polar surface area (TPSA) is 102 Å². The zero-order chi connectivity index (χ0) is 29.5. The van der Waals surface area contributed by atoms with Gasteiger partial charge in [0, 0.05) is 43.4 Å². The van der Waals surface area contributed by atoms with Crippen LogP contribution in [0.5, 0.6) is 23.0 Å². The van der Waals surface area contributed by atoms with Crippen LogP contribution in [0.25, 0.3) is 0 Å². The molecule has 4 heterocycles. The number of hydrogen-bond donors (Lipinski definition) is 2. The number of methoxy groups -OCH3 is 2. The molecule has 11 heteroatoms. The van der Waals surface area contributed by atoms with Gasteiger partial charge in [0.05, 0.1) is 50.3 Å². The van der Waals surface area contributed by atoms with Crippen LogP contribution in [0.2, 0.25) is 0 Å².